The van der Waals surface area contributed by atoms with Crippen molar-refractivity contribution in [1.29, 1.82) is 0 Å². The second-order valence-corrected chi connectivity index (χ2v) is 9.38. The number of anilines is 2. The number of para-hydroxylation sites is 1. The molecule has 0 aromatic heterocycles. The average Bonchev–Trinajstić information content (AvgIpc) is 3.17. The quantitative estimate of drug-likeness (QED) is 0.767. The Hall–Kier alpha value is -3.19. The molecular formula is C26H29N3O4. The lowest BCUT2D eigenvalue weighted by Gasteiger charge is -2.42. The van der Waals surface area contributed by atoms with Crippen molar-refractivity contribution >= 4 is 29.2 Å². The molecule has 2 saturated heterocycles. The summed E-state index contributed by atoms with van der Waals surface area (Å²) in [5.74, 6) is -0.547. The second kappa shape index (κ2) is 8.63. The summed E-state index contributed by atoms with van der Waals surface area (Å²) in [5, 5.41) is 2.93. The summed E-state index contributed by atoms with van der Waals surface area (Å²) in [6, 6.07) is 13.8. The Bertz CT molecular complexity index is 1070. The first-order chi connectivity index (χ1) is 15.9. The van der Waals surface area contributed by atoms with Crippen LogP contribution in [0.15, 0.2) is 48.5 Å². The zero-order valence-corrected chi connectivity index (χ0v) is 19.0. The van der Waals surface area contributed by atoms with Gasteiger partial charge in [-0.1, -0.05) is 37.1 Å². The minimum absolute atomic E-state index is 0.0498. The summed E-state index contributed by atoms with van der Waals surface area (Å²) in [7, 11) is 0. The van der Waals surface area contributed by atoms with Crippen LogP contribution in [0.5, 0.6) is 0 Å². The van der Waals surface area contributed by atoms with Crippen LogP contribution >= 0.6 is 0 Å². The molecule has 7 nitrogen and oxygen atoms in total. The van der Waals surface area contributed by atoms with Crippen molar-refractivity contribution in [2.45, 2.75) is 57.8 Å². The molecule has 172 valence electrons. The average molecular weight is 448 g/mol. The monoisotopic (exact) mass is 447 g/mol. The van der Waals surface area contributed by atoms with Crippen molar-refractivity contribution in [2.75, 3.05) is 16.8 Å². The molecule has 3 fully saturated rings. The lowest BCUT2D eigenvalue weighted by molar-refractivity contribution is -0.133. The van der Waals surface area contributed by atoms with Gasteiger partial charge < -0.3 is 15.0 Å². The summed E-state index contributed by atoms with van der Waals surface area (Å²) in [6.07, 6.45) is 3.08. The van der Waals surface area contributed by atoms with Gasteiger partial charge in [0.05, 0.1) is 17.8 Å². The fraction of sp³-hybridized carbons (Fsp3) is 0.423. The van der Waals surface area contributed by atoms with Crippen LogP contribution in [0.1, 0.15) is 36.8 Å². The Morgan fingerprint density at radius 2 is 1.73 bits per heavy atom. The SMILES string of the molecule is Cc1cc(C)cc(NC(=O)CN2C(=O)N(c3ccccc3)C(=O)C3OC4CCCCC4C32)c1. The highest BCUT2D eigenvalue weighted by Gasteiger charge is 2.58. The van der Waals surface area contributed by atoms with E-state index in [1.807, 2.05) is 38.1 Å². The molecule has 7 heteroatoms. The number of ether oxygens (including phenoxy) is 1. The third kappa shape index (κ3) is 4.02. The third-order valence-electron chi connectivity index (χ3n) is 6.92. The van der Waals surface area contributed by atoms with Crippen LogP contribution in [0, 0.1) is 19.8 Å². The topological polar surface area (TPSA) is 79.0 Å². The molecule has 2 aliphatic heterocycles. The number of aryl methyl sites for hydroxylation is 2. The zero-order valence-electron chi connectivity index (χ0n) is 19.0. The van der Waals surface area contributed by atoms with Crippen LogP contribution in [0.4, 0.5) is 16.2 Å². The minimum atomic E-state index is -0.745. The number of carbonyl (C=O) groups is 3. The summed E-state index contributed by atoms with van der Waals surface area (Å²) >= 11 is 0. The number of hydrogen-bond donors (Lipinski definition) is 1. The number of nitrogens with one attached hydrogen (secondary N) is 1. The van der Waals surface area contributed by atoms with E-state index in [9.17, 15) is 14.4 Å². The Morgan fingerprint density at radius 3 is 2.45 bits per heavy atom. The van der Waals surface area contributed by atoms with E-state index >= 15 is 0 Å². The molecule has 2 heterocycles. The molecule has 1 aliphatic carbocycles. The fourth-order valence-electron chi connectivity index (χ4n) is 5.64. The van der Waals surface area contributed by atoms with Gasteiger partial charge in [0.15, 0.2) is 6.10 Å². The van der Waals surface area contributed by atoms with Crippen LogP contribution in [0.2, 0.25) is 0 Å². The maximum atomic E-state index is 13.6. The van der Waals surface area contributed by atoms with Crippen molar-refractivity contribution in [3.05, 3.63) is 59.7 Å². The number of urea groups is 1. The van der Waals surface area contributed by atoms with E-state index < -0.39 is 18.2 Å². The van der Waals surface area contributed by atoms with Gasteiger partial charge in [0.1, 0.15) is 6.54 Å². The highest BCUT2D eigenvalue weighted by Crippen LogP contribution is 2.43. The van der Waals surface area contributed by atoms with E-state index in [1.165, 1.54) is 4.90 Å². The molecule has 5 rings (SSSR count). The van der Waals surface area contributed by atoms with E-state index in [0.29, 0.717) is 11.4 Å². The van der Waals surface area contributed by atoms with Gasteiger partial charge in [0.2, 0.25) is 5.91 Å². The smallest absolute Gasteiger partial charge is 0.332 e. The first kappa shape index (κ1) is 21.6. The van der Waals surface area contributed by atoms with Gasteiger partial charge in [0, 0.05) is 11.6 Å². The number of fused-ring (bicyclic) bond motifs is 3. The van der Waals surface area contributed by atoms with Crippen molar-refractivity contribution < 1.29 is 19.1 Å². The normalized spacial score (nSPS) is 26.7. The van der Waals surface area contributed by atoms with Gasteiger partial charge in [-0.15, -0.1) is 0 Å². The molecule has 2 aromatic rings. The van der Waals surface area contributed by atoms with Gasteiger partial charge >= 0.3 is 6.03 Å². The van der Waals surface area contributed by atoms with Crippen LogP contribution in [0.3, 0.4) is 0 Å². The predicted octanol–water partition coefficient (Wildman–Crippen LogP) is 4.04. The molecule has 4 amide bonds. The van der Waals surface area contributed by atoms with Crippen molar-refractivity contribution in [3.63, 3.8) is 0 Å². The van der Waals surface area contributed by atoms with Crippen molar-refractivity contribution in [1.82, 2.24) is 4.90 Å². The zero-order chi connectivity index (χ0) is 23.1. The van der Waals surface area contributed by atoms with Crippen molar-refractivity contribution in [2.24, 2.45) is 5.92 Å². The highest BCUT2D eigenvalue weighted by atomic mass is 16.5. The maximum absolute atomic E-state index is 13.6. The van der Waals surface area contributed by atoms with Crippen LogP contribution in [0.25, 0.3) is 0 Å². The molecule has 0 spiro atoms. The molecule has 4 unspecified atom stereocenters. The lowest BCUT2D eigenvalue weighted by Crippen LogP contribution is -2.65. The van der Waals surface area contributed by atoms with Crippen LogP contribution in [-0.4, -0.2) is 47.5 Å². The Labute approximate surface area is 193 Å². The molecular weight excluding hydrogens is 418 g/mol. The standard InChI is InChI=1S/C26H29N3O4/c1-16-12-17(2)14-18(13-16)27-22(30)15-28-23-20-10-6-7-11-21(20)33-24(23)25(31)29(26(28)32)19-8-4-3-5-9-19/h3-5,8-9,12-14,20-21,23-24H,6-7,10-11,15H2,1-2H3,(H,27,30). The lowest BCUT2D eigenvalue weighted by atomic mass is 9.81. The molecule has 4 atom stereocenters. The van der Waals surface area contributed by atoms with Gasteiger partial charge in [0.25, 0.3) is 5.91 Å². The molecule has 3 aliphatic rings. The number of nitrogens with zero attached hydrogens (tertiary/aromatic N) is 2. The maximum Gasteiger partial charge on any atom is 0.332 e. The summed E-state index contributed by atoms with van der Waals surface area (Å²) in [6.45, 7) is 3.82. The fourth-order valence-corrected chi connectivity index (χ4v) is 5.64. The molecule has 33 heavy (non-hydrogen) atoms. The number of hydrogen-bond acceptors (Lipinski definition) is 4. The highest BCUT2D eigenvalue weighted by molar-refractivity contribution is 6.18. The minimum Gasteiger partial charge on any atom is -0.363 e. The molecule has 1 saturated carbocycles. The van der Waals surface area contributed by atoms with Crippen LogP contribution < -0.4 is 10.2 Å². The van der Waals surface area contributed by atoms with Crippen molar-refractivity contribution in [3.8, 4) is 0 Å². The first-order valence-corrected chi connectivity index (χ1v) is 11.7. The van der Waals surface area contributed by atoms with Crippen LogP contribution in [-0.2, 0) is 14.3 Å². The van der Waals surface area contributed by atoms with Gasteiger partial charge in [-0.2, -0.15) is 0 Å². The number of rotatable bonds is 4. The predicted molar refractivity (Wildman–Crippen MR) is 125 cm³/mol. The number of carbonyl (C=O) groups excluding carboxylic acids is 3. The third-order valence-corrected chi connectivity index (χ3v) is 6.92. The van der Waals surface area contributed by atoms with E-state index in [-0.39, 0.29) is 30.4 Å². The number of benzene rings is 2. The van der Waals surface area contributed by atoms with Gasteiger partial charge in [-0.3, -0.25) is 9.59 Å². The molecule has 0 radical (unpaired) electrons. The molecule has 2 aromatic carbocycles. The summed E-state index contributed by atoms with van der Waals surface area (Å²) < 4.78 is 6.23. The Kier molecular flexibility index (Phi) is 5.66. The molecule has 1 N–H and O–H groups in total. The van der Waals surface area contributed by atoms with Gasteiger partial charge in [-0.05, 0) is 62.1 Å². The van der Waals surface area contributed by atoms with Gasteiger partial charge in [-0.25, -0.2) is 9.69 Å². The largest absolute Gasteiger partial charge is 0.363 e. The van der Waals surface area contributed by atoms with E-state index in [2.05, 4.69) is 5.32 Å². The number of amides is 4. The number of imide groups is 1. The second-order valence-electron chi connectivity index (χ2n) is 9.38. The summed E-state index contributed by atoms with van der Waals surface area (Å²) in [4.78, 5) is 42.9. The molecule has 0 bridgehead atoms. The van der Waals surface area contributed by atoms with E-state index in [0.717, 1.165) is 36.8 Å². The first-order valence-electron chi connectivity index (χ1n) is 11.7. The summed E-state index contributed by atoms with van der Waals surface area (Å²) in [5.41, 5.74) is 3.29. The Morgan fingerprint density at radius 1 is 1.03 bits per heavy atom. The van der Waals surface area contributed by atoms with E-state index in [1.54, 1.807) is 29.2 Å². The van der Waals surface area contributed by atoms with E-state index in [4.69, 9.17) is 4.74 Å². The Balaban J connectivity index is 1.45.